The highest BCUT2D eigenvalue weighted by Gasteiger charge is 2.70. The van der Waals surface area contributed by atoms with Crippen LogP contribution in [0.3, 0.4) is 0 Å². The number of hydrogen-bond donors (Lipinski definition) is 1. The lowest BCUT2D eigenvalue weighted by molar-refractivity contribution is -0.141. The minimum Gasteiger partial charge on any atom is -0.469 e. The van der Waals surface area contributed by atoms with Crippen molar-refractivity contribution >= 4 is 11.8 Å². The number of ketones is 1. The standard InChI is InChI=1S/C22H34O4/c1-3-4-5-7-17(23)10-11-19-20(24)13-16-12-15-14-22(16,19)18(15)8-6-9-21(25)26-2/h10-11,15-16,18-20,24H,3-9,12-14H2,1-2H3/t15-,16?,18?,19?,20?,22-/m0/s1. The first-order valence-electron chi connectivity index (χ1n) is 10.5. The second-order valence-electron chi connectivity index (χ2n) is 8.70. The smallest absolute Gasteiger partial charge is 0.305 e. The summed E-state index contributed by atoms with van der Waals surface area (Å²) >= 11 is 0. The van der Waals surface area contributed by atoms with Crippen molar-refractivity contribution in [1.29, 1.82) is 0 Å². The first-order chi connectivity index (χ1) is 12.5. The largest absolute Gasteiger partial charge is 0.469 e. The molecule has 4 saturated carbocycles. The van der Waals surface area contributed by atoms with Gasteiger partial charge in [-0.05, 0) is 67.8 Å². The molecule has 0 heterocycles. The van der Waals surface area contributed by atoms with E-state index in [0.29, 0.717) is 24.7 Å². The van der Waals surface area contributed by atoms with Crippen LogP contribution < -0.4 is 0 Å². The highest BCUT2D eigenvalue weighted by atomic mass is 16.5. The van der Waals surface area contributed by atoms with Gasteiger partial charge in [0.15, 0.2) is 5.78 Å². The number of aliphatic hydroxyl groups is 1. The van der Waals surface area contributed by atoms with Gasteiger partial charge < -0.3 is 9.84 Å². The maximum atomic E-state index is 12.1. The molecule has 2 bridgehead atoms. The van der Waals surface area contributed by atoms with E-state index >= 15 is 0 Å². The Morgan fingerprint density at radius 2 is 2.00 bits per heavy atom. The van der Waals surface area contributed by atoms with E-state index in [2.05, 4.69) is 6.92 Å². The lowest BCUT2D eigenvalue weighted by Crippen LogP contribution is -2.47. The quantitative estimate of drug-likeness (QED) is 0.362. The van der Waals surface area contributed by atoms with Gasteiger partial charge in [0, 0.05) is 18.8 Å². The summed E-state index contributed by atoms with van der Waals surface area (Å²) in [5.41, 5.74) is 0.181. The first kappa shape index (κ1) is 19.6. The van der Waals surface area contributed by atoms with E-state index in [9.17, 15) is 14.7 Å². The number of unbranched alkanes of at least 4 members (excludes halogenated alkanes) is 2. The average Bonchev–Trinajstić information content (AvgIpc) is 3.20. The fourth-order valence-corrected chi connectivity index (χ4v) is 6.32. The molecule has 0 saturated heterocycles. The number of aliphatic hydroxyl groups excluding tert-OH is 1. The van der Waals surface area contributed by atoms with Crippen LogP contribution in [0.4, 0.5) is 0 Å². The number of hydrogen-bond acceptors (Lipinski definition) is 4. The molecule has 0 aromatic carbocycles. The summed E-state index contributed by atoms with van der Waals surface area (Å²) in [7, 11) is 1.44. The minimum atomic E-state index is -0.316. The lowest BCUT2D eigenvalue weighted by atomic mass is 9.53. The summed E-state index contributed by atoms with van der Waals surface area (Å²) < 4.78 is 4.75. The molecule has 4 heteroatoms. The van der Waals surface area contributed by atoms with Crippen LogP contribution in [0.5, 0.6) is 0 Å². The Morgan fingerprint density at radius 1 is 1.19 bits per heavy atom. The van der Waals surface area contributed by atoms with Crippen LogP contribution in [0.2, 0.25) is 0 Å². The number of esters is 1. The molecule has 4 aliphatic rings. The van der Waals surface area contributed by atoms with Gasteiger partial charge in [-0.2, -0.15) is 0 Å². The summed E-state index contributed by atoms with van der Waals surface area (Å²) in [6.45, 7) is 2.14. The molecule has 4 fully saturated rings. The van der Waals surface area contributed by atoms with Crippen LogP contribution in [0.25, 0.3) is 0 Å². The van der Waals surface area contributed by atoms with Crippen molar-refractivity contribution in [2.45, 2.75) is 77.2 Å². The number of rotatable bonds is 10. The topological polar surface area (TPSA) is 63.6 Å². The molecule has 4 unspecified atom stereocenters. The molecule has 0 amide bonds. The molecule has 0 aromatic heterocycles. The van der Waals surface area contributed by atoms with Crippen molar-refractivity contribution < 1.29 is 19.4 Å². The van der Waals surface area contributed by atoms with E-state index in [1.54, 1.807) is 6.08 Å². The maximum Gasteiger partial charge on any atom is 0.305 e. The molecular weight excluding hydrogens is 328 g/mol. The normalized spacial score (nSPS) is 37.6. The van der Waals surface area contributed by atoms with E-state index < -0.39 is 0 Å². The van der Waals surface area contributed by atoms with Gasteiger partial charge in [0.25, 0.3) is 0 Å². The number of carbonyl (C=O) groups excluding carboxylic acids is 2. The van der Waals surface area contributed by atoms with Crippen LogP contribution in [-0.2, 0) is 14.3 Å². The molecule has 4 rings (SSSR count). The monoisotopic (exact) mass is 362 g/mol. The molecule has 4 nitrogen and oxygen atoms in total. The molecule has 0 aliphatic heterocycles. The van der Waals surface area contributed by atoms with Gasteiger partial charge in [-0.1, -0.05) is 25.8 Å². The van der Waals surface area contributed by atoms with Crippen molar-refractivity contribution in [2.75, 3.05) is 7.11 Å². The second kappa shape index (κ2) is 8.24. The Morgan fingerprint density at radius 3 is 2.73 bits per heavy atom. The fourth-order valence-electron chi connectivity index (χ4n) is 6.32. The van der Waals surface area contributed by atoms with Gasteiger partial charge >= 0.3 is 5.97 Å². The third kappa shape index (κ3) is 3.49. The third-order valence-electron chi connectivity index (χ3n) is 7.42. The van der Waals surface area contributed by atoms with Gasteiger partial charge in [0.05, 0.1) is 13.2 Å². The van der Waals surface area contributed by atoms with E-state index in [1.165, 1.54) is 20.0 Å². The van der Waals surface area contributed by atoms with Crippen LogP contribution in [-0.4, -0.2) is 30.1 Å². The zero-order chi connectivity index (χ0) is 18.7. The van der Waals surface area contributed by atoms with Gasteiger partial charge in [-0.15, -0.1) is 0 Å². The Hall–Kier alpha value is -1.16. The molecule has 4 aliphatic carbocycles. The number of ether oxygens (including phenoxy) is 1. The van der Waals surface area contributed by atoms with Crippen LogP contribution >= 0.6 is 0 Å². The highest BCUT2D eigenvalue weighted by molar-refractivity contribution is 5.89. The molecule has 6 atom stereocenters. The number of allylic oxidation sites excluding steroid dienone is 1. The Kier molecular flexibility index (Phi) is 6.21. The zero-order valence-corrected chi connectivity index (χ0v) is 16.3. The first-order valence-corrected chi connectivity index (χ1v) is 10.5. The molecule has 146 valence electrons. The summed E-state index contributed by atoms with van der Waals surface area (Å²) in [6.07, 6.45) is 12.9. The van der Waals surface area contributed by atoms with Crippen molar-refractivity contribution in [1.82, 2.24) is 0 Å². The summed E-state index contributed by atoms with van der Waals surface area (Å²) in [5.74, 6) is 2.12. The second-order valence-corrected chi connectivity index (χ2v) is 8.70. The van der Waals surface area contributed by atoms with Crippen molar-refractivity contribution in [3.63, 3.8) is 0 Å². The van der Waals surface area contributed by atoms with E-state index in [4.69, 9.17) is 4.74 Å². The highest BCUT2D eigenvalue weighted by Crippen LogP contribution is 2.75. The third-order valence-corrected chi connectivity index (χ3v) is 7.42. The van der Waals surface area contributed by atoms with Crippen LogP contribution in [0.1, 0.15) is 71.1 Å². The Labute approximate surface area is 157 Å². The maximum absolute atomic E-state index is 12.1. The molecule has 1 N–H and O–H groups in total. The molecule has 1 spiro atoms. The summed E-state index contributed by atoms with van der Waals surface area (Å²) in [4.78, 5) is 23.5. The summed E-state index contributed by atoms with van der Waals surface area (Å²) in [5, 5.41) is 10.6. The van der Waals surface area contributed by atoms with Gasteiger partial charge in [0.2, 0.25) is 0 Å². The predicted octanol–water partition coefficient (Wildman–Crippen LogP) is 4.06. The van der Waals surface area contributed by atoms with Crippen molar-refractivity contribution in [3.8, 4) is 0 Å². The molecule has 0 aromatic rings. The SMILES string of the molecule is CCCCCC(=O)C=CC1C(O)CC2C[C@H]3C[C@@]21C3CCCC(=O)OC. The predicted molar refractivity (Wildman–Crippen MR) is 100 cm³/mol. The summed E-state index contributed by atoms with van der Waals surface area (Å²) in [6, 6.07) is 0. The van der Waals surface area contributed by atoms with Crippen LogP contribution in [0.15, 0.2) is 12.2 Å². The van der Waals surface area contributed by atoms with E-state index in [1.807, 2.05) is 6.08 Å². The van der Waals surface area contributed by atoms with Gasteiger partial charge in [-0.25, -0.2) is 0 Å². The molecule has 0 radical (unpaired) electrons. The minimum absolute atomic E-state index is 0.115. The van der Waals surface area contributed by atoms with Crippen LogP contribution in [0, 0.1) is 29.1 Å². The number of carbonyl (C=O) groups is 2. The lowest BCUT2D eigenvalue weighted by Gasteiger charge is -2.51. The zero-order valence-electron chi connectivity index (χ0n) is 16.3. The van der Waals surface area contributed by atoms with Crippen molar-refractivity contribution in [2.24, 2.45) is 29.1 Å². The molecular formula is C22H34O4. The fraction of sp³-hybridized carbons (Fsp3) is 0.818. The average molecular weight is 363 g/mol. The van der Waals surface area contributed by atoms with Gasteiger partial charge in [0.1, 0.15) is 0 Å². The Balaban J connectivity index is 1.61. The Bertz CT molecular complexity index is 554. The number of methoxy groups -OCH3 is 1. The van der Waals surface area contributed by atoms with E-state index in [0.717, 1.165) is 44.4 Å². The van der Waals surface area contributed by atoms with Gasteiger partial charge in [-0.3, -0.25) is 9.59 Å². The van der Waals surface area contributed by atoms with Crippen molar-refractivity contribution in [3.05, 3.63) is 12.2 Å². The molecule has 26 heavy (non-hydrogen) atoms. The van der Waals surface area contributed by atoms with E-state index in [-0.39, 0.29) is 29.2 Å².